The van der Waals surface area contributed by atoms with Gasteiger partial charge in [0.05, 0.1) is 5.02 Å². The molecule has 0 saturated carbocycles. The van der Waals surface area contributed by atoms with Gasteiger partial charge in [-0.25, -0.2) is 0 Å². The van der Waals surface area contributed by atoms with Crippen LogP contribution in [0.25, 0.3) is 0 Å². The molecule has 18 heavy (non-hydrogen) atoms. The van der Waals surface area contributed by atoms with Gasteiger partial charge in [-0.2, -0.15) is 0 Å². The van der Waals surface area contributed by atoms with Crippen LogP contribution in [0, 0.1) is 0 Å². The molecule has 2 nitrogen and oxygen atoms in total. The van der Waals surface area contributed by atoms with Gasteiger partial charge in [-0.15, -0.1) is 0 Å². The minimum atomic E-state index is 0.382. The molecule has 0 fully saturated rings. The van der Waals surface area contributed by atoms with Crippen LogP contribution in [0.3, 0.4) is 0 Å². The molecular weight excluding hydrogens is 337 g/mol. The van der Waals surface area contributed by atoms with Gasteiger partial charge in [0.15, 0.2) is 0 Å². The summed E-state index contributed by atoms with van der Waals surface area (Å²) in [5.74, 6) is 1.19. The predicted octanol–water partition coefficient (Wildman–Crippen LogP) is 5.01. The number of hydrogen-bond acceptors (Lipinski definition) is 2. The Morgan fingerprint density at radius 2 is 1.83 bits per heavy atom. The summed E-state index contributed by atoms with van der Waals surface area (Å²) >= 11 is 15.4. The average Bonchev–Trinajstić information content (AvgIpc) is 2.36. The van der Waals surface area contributed by atoms with Crippen LogP contribution < -0.4 is 10.5 Å². The zero-order valence-corrected chi connectivity index (χ0v) is 12.4. The first-order chi connectivity index (χ1) is 8.60. The van der Waals surface area contributed by atoms with Crippen LogP contribution in [0.1, 0.15) is 5.56 Å². The van der Waals surface area contributed by atoms with Crippen molar-refractivity contribution < 1.29 is 4.74 Å². The molecular formula is C13H10BrCl2NO. The number of rotatable bonds is 3. The SMILES string of the molecule is NCc1cc(Br)ccc1Oc1cc(Cl)ccc1Cl. The molecule has 94 valence electrons. The quantitative estimate of drug-likeness (QED) is 0.848. The van der Waals surface area contributed by atoms with Gasteiger partial charge in [-0.3, -0.25) is 0 Å². The van der Waals surface area contributed by atoms with E-state index in [0.29, 0.717) is 28.1 Å². The van der Waals surface area contributed by atoms with Gasteiger partial charge in [0.1, 0.15) is 11.5 Å². The van der Waals surface area contributed by atoms with E-state index in [2.05, 4.69) is 15.9 Å². The Kier molecular flexibility index (Phi) is 4.51. The molecule has 0 heterocycles. The summed E-state index contributed by atoms with van der Waals surface area (Å²) in [4.78, 5) is 0. The summed E-state index contributed by atoms with van der Waals surface area (Å²) in [6, 6.07) is 10.7. The predicted molar refractivity (Wildman–Crippen MR) is 78.6 cm³/mol. The van der Waals surface area contributed by atoms with Crippen LogP contribution in [-0.2, 0) is 6.54 Å². The maximum Gasteiger partial charge on any atom is 0.147 e. The lowest BCUT2D eigenvalue weighted by atomic mass is 10.2. The maximum atomic E-state index is 6.05. The van der Waals surface area contributed by atoms with Gasteiger partial charge in [0, 0.05) is 27.7 Å². The Balaban J connectivity index is 2.36. The third-order valence-electron chi connectivity index (χ3n) is 2.36. The first kappa shape index (κ1) is 13.7. The highest BCUT2D eigenvalue weighted by Crippen LogP contribution is 2.34. The molecule has 0 aromatic heterocycles. The van der Waals surface area contributed by atoms with Crippen LogP contribution >= 0.6 is 39.1 Å². The number of hydrogen-bond donors (Lipinski definition) is 1. The Morgan fingerprint density at radius 1 is 1.06 bits per heavy atom. The van der Waals surface area contributed by atoms with E-state index < -0.39 is 0 Å². The summed E-state index contributed by atoms with van der Waals surface area (Å²) in [6.07, 6.45) is 0. The van der Waals surface area contributed by atoms with E-state index in [1.54, 1.807) is 18.2 Å². The fraction of sp³-hybridized carbons (Fsp3) is 0.0769. The molecule has 0 unspecified atom stereocenters. The van der Waals surface area contributed by atoms with Crippen molar-refractivity contribution in [2.75, 3.05) is 0 Å². The third-order valence-corrected chi connectivity index (χ3v) is 3.40. The van der Waals surface area contributed by atoms with Crippen molar-refractivity contribution in [3.8, 4) is 11.5 Å². The zero-order chi connectivity index (χ0) is 13.1. The molecule has 0 spiro atoms. The molecule has 0 radical (unpaired) electrons. The van der Waals surface area contributed by atoms with E-state index in [1.807, 2.05) is 18.2 Å². The van der Waals surface area contributed by atoms with Gasteiger partial charge in [-0.05, 0) is 30.3 Å². The molecule has 0 bridgehead atoms. The summed E-state index contributed by atoms with van der Waals surface area (Å²) in [7, 11) is 0. The van der Waals surface area contributed by atoms with Crippen LogP contribution in [0.4, 0.5) is 0 Å². The van der Waals surface area contributed by atoms with Crippen molar-refractivity contribution in [2.45, 2.75) is 6.54 Å². The Morgan fingerprint density at radius 3 is 2.56 bits per heavy atom. The van der Waals surface area contributed by atoms with Crippen molar-refractivity contribution in [3.05, 3.63) is 56.5 Å². The van der Waals surface area contributed by atoms with Gasteiger partial charge in [-0.1, -0.05) is 39.1 Å². The highest BCUT2D eigenvalue weighted by Gasteiger charge is 2.08. The molecule has 0 aliphatic heterocycles. The van der Waals surface area contributed by atoms with E-state index in [9.17, 15) is 0 Å². The Hall–Kier alpha value is -0.740. The van der Waals surface area contributed by atoms with Crippen molar-refractivity contribution in [3.63, 3.8) is 0 Å². The van der Waals surface area contributed by atoms with Gasteiger partial charge in [0.2, 0.25) is 0 Å². The monoisotopic (exact) mass is 345 g/mol. The first-order valence-corrected chi connectivity index (χ1v) is 6.76. The van der Waals surface area contributed by atoms with E-state index in [1.165, 1.54) is 0 Å². The smallest absolute Gasteiger partial charge is 0.147 e. The Labute approximate surface area is 124 Å². The van der Waals surface area contributed by atoms with Crippen molar-refractivity contribution >= 4 is 39.1 Å². The second kappa shape index (κ2) is 5.93. The van der Waals surface area contributed by atoms with Crippen molar-refractivity contribution in [1.29, 1.82) is 0 Å². The fourth-order valence-electron chi connectivity index (χ4n) is 1.48. The van der Waals surface area contributed by atoms with E-state index >= 15 is 0 Å². The molecule has 5 heteroatoms. The lowest BCUT2D eigenvalue weighted by Gasteiger charge is -2.11. The highest BCUT2D eigenvalue weighted by atomic mass is 79.9. The number of ether oxygens (including phenoxy) is 1. The minimum absolute atomic E-state index is 0.382. The normalized spacial score (nSPS) is 10.4. The van der Waals surface area contributed by atoms with Crippen LogP contribution in [0.5, 0.6) is 11.5 Å². The molecule has 2 aromatic carbocycles. The molecule has 0 saturated heterocycles. The number of benzene rings is 2. The average molecular weight is 347 g/mol. The van der Waals surface area contributed by atoms with Gasteiger partial charge < -0.3 is 10.5 Å². The molecule has 2 N–H and O–H groups in total. The van der Waals surface area contributed by atoms with E-state index in [0.717, 1.165) is 10.0 Å². The summed E-state index contributed by atoms with van der Waals surface area (Å²) in [5, 5.41) is 1.08. The number of nitrogens with two attached hydrogens (primary N) is 1. The zero-order valence-electron chi connectivity index (χ0n) is 9.29. The first-order valence-electron chi connectivity index (χ1n) is 5.21. The Bertz CT molecular complexity index is 575. The van der Waals surface area contributed by atoms with E-state index in [-0.39, 0.29) is 0 Å². The molecule has 0 aliphatic rings. The highest BCUT2D eigenvalue weighted by molar-refractivity contribution is 9.10. The third kappa shape index (κ3) is 3.18. The standard InChI is InChI=1S/C13H10BrCl2NO/c14-9-1-4-12(8(5-9)7-17)18-13-6-10(15)2-3-11(13)16/h1-6H,7,17H2. The van der Waals surface area contributed by atoms with Crippen molar-refractivity contribution in [2.24, 2.45) is 5.73 Å². The largest absolute Gasteiger partial charge is 0.455 e. The molecule has 2 aromatic rings. The molecule has 0 atom stereocenters. The maximum absolute atomic E-state index is 6.05. The molecule has 0 amide bonds. The second-order valence-electron chi connectivity index (χ2n) is 3.63. The molecule has 2 rings (SSSR count). The molecule has 0 aliphatic carbocycles. The lowest BCUT2D eigenvalue weighted by Crippen LogP contribution is -1.99. The second-order valence-corrected chi connectivity index (χ2v) is 5.39. The summed E-state index contributed by atoms with van der Waals surface area (Å²) in [5.41, 5.74) is 6.57. The van der Waals surface area contributed by atoms with Gasteiger partial charge >= 0.3 is 0 Å². The van der Waals surface area contributed by atoms with Crippen molar-refractivity contribution in [1.82, 2.24) is 0 Å². The fourth-order valence-corrected chi connectivity index (χ4v) is 2.21. The van der Waals surface area contributed by atoms with Gasteiger partial charge in [0.25, 0.3) is 0 Å². The summed E-state index contributed by atoms with van der Waals surface area (Å²) < 4.78 is 6.70. The summed E-state index contributed by atoms with van der Waals surface area (Å²) in [6.45, 7) is 0.382. The van der Waals surface area contributed by atoms with Crippen LogP contribution in [0.15, 0.2) is 40.9 Å². The number of halogens is 3. The topological polar surface area (TPSA) is 35.2 Å². The lowest BCUT2D eigenvalue weighted by molar-refractivity contribution is 0.476. The van der Waals surface area contributed by atoms with Crippen LogP contribution in [-0.4, -0.2) is 0 Å². The van der Waals surface area contributed by atoms with E-state index in [4.69, 9.17) is 33.7 Å². The van der Waals surface area contributed by atoms with Crippen LogP contribution in [0.2, 0.25) is 10.0 Å². The minimum Gasteiger partial charge on any atom is -0.455 e.